The van der Waals surface area contributed by atoms with Crippen molar-refractivity contribution in [2.24, 2.45) is 7.05 Å². The van der Waals surface area contributed by atoms with Gasteiger partial charge in [-0.1, -0.05) is 25.2 Å². The lowest BCUT2D eigenvalue weighted by Crippen LogP contribution is -2.44. The normalized spacial score (nSPS) is 18.3. The molecule has 150 valence electrons. The number of fused-ring (bicyclic) bond motifs is 1. The monoisotopic (exact) mass is 384 g/mol. The SMILES string of the molecule is CC#CCn1c(N2CCNCC2)nc2c1c(=O)n(C)c(=O)n2C1CCCCC1. The highest BCUT2D eigenvalue weighted by Crippen LogP contribution is 2.30. The molecule has 1 saturated heterocycles. The predicted octanol–water partition coefficient (Wildman–Crippen LogP) is 0.835. The van der Waals surface area contributed by atoms with Crippen molar-refractivity contribution in [3.8, 4) is 11.8 Å². The van der Waals surface area contributed by atoms with E-state index in [1.165, 1.54) is 11.0 Å². The van der Waals surface area contributed by atoms with Gasteiger partial charge in [-0.15, -0.1) is 5.92 Å². The summed E-state index contributed by atoms with van der Waals surface area (Å²) in [5.41, 5.74) is 0.455. The highest BCUT2D eigenvalue weighted by Gasteiger charge is 2.27. The molecule has 8 heteroatoms. The van der Waals surface area contributed by atoms with Crippen LogP contribution in [0.3, 0.4) is 0 Å². The molecule has 0 radical (unpaired) electrons. The molecule has 2 fully saturated rings. The van der Waals surface area contributed by atoms with Gasteiger partial charge in [0.25, 0.3) is 5.56 Å². The zero-order valence-corrected chi connectivity index (χ0v) is 16.7. The maximum absolute atomic E-state index is 13.1. The highest BCUT2D eigenvalue weighted by molar-refractivity contribution is 5.75. The van der Waals surface area contributed by atoms with Crippen LogP contribution in [0, 0.1) is 11.8 Å². The minimum Gasteiger partial charge on any atom is -0.340 e. The third kappa shape index (κ3) is 3.14. The molecule has 0 atom stereocenters. The molecule has 0 spiro atoms. The van der Waals surface area contributed by atoms with Gasteiger partial charge in [0.2, 0.25) is 5.95 Å². The summed E-state index contributed by atoms with van der Waals surface area (Å²) >= 11 is 0. The van der Waals surface area contributed by atoms with Gasteiger partial charge < -0.3 is 10.2 Å². The van der Waals surface area contributed by atoms with Crippen LogP contribution >= 0.6 is 0 Å². The van der Waals surface area contributed by atoms with E-state index in [0.717, 1.165) is 57.8 Å². The molecule has 2 aromatic rings. The summed E-state index contributed by atoms with van der Waals surface area (Å²) in [5.74, 6) is 6.74. The van der Waals surface area contributed by atoms with Gasteiger partial charge >= 0.3 is 5.69 Å². The van der Waals surface area contributed by atoms with Crippen molar-refractivity contribution >= 4 is 17.1 Å². The van der Waals surface area contributed by atoms with Crippen LogP contribution in [0.1, 0.15) is 45.1 Å². The van der Waals surface area contributed by atoms with Gasteiger partial charge in [0.15, 0.2) is 11.2 Å². The van der Waals surface area contributed by atoms with Crippen LogP contribution < -0.4 is 21.5 Å². The Balaban J connectivity index is 1.99. The summed E-state index contributed by atoms with van der Waals surface area (Å²) in [7, 11) is 1.57. The standard InChI is InChI=1S/C20H28N6O2/c1-3-4-12-25-16-17(22-19(25)24-13-10-21-11-14-24)26(15-8-6-5-7-9-15)20(28)23(2)18(16)27/h15,21H,5-14H2,1-2H3. The average molecular weight is 384 g/mol. The van der Waals surface area contributed by atoms with Crippen molar-refractivity contribution < 1.29 is 0 Å². The van der Waals surface area contributed by atoms with E-state index in [4.69, 9.17) is 4.98 Å². The molecule has 0 amide bonds. The summed E-state index contributed by atoms with van der Waals surface area (Å²) in [5, 5.41) is 3.35. The molecule has 3 heterocycles. The Hall–Kier alpha value is -2.53. The van der Waals surface area contributed by atoms with E-state index < -0.39 is 0 Å². The molecular weight excluding hydrogens is 356 g/mol. The summed E-state index contributed by atoms with van der Waals surface area (Å²) in [6, 6.07) is 0.104. The van der Waals surface area contributed by atoms with Crippen LogP contribution in [0.15, 0.2) is 9.59 Å². The van der Waals surface area contributed by atoms with Crippen molar-refractivity contribution in [3.63, 3.8) is 0 Å². The van der Waals surface area contributed by atoms with E-state index >= 15 is 0 Å². The topological polar surface area (TPSA) is 77.1 Å². The molecule has 28 heavy (non-hydrogen) atoms. The number of nitrogens with zero attached hydrogens (tertiary/aromatic N) is 5. The smallest absolute Gasteiger partial charge is 0.332 e. The lowest BCUT2D eigenvalue weighted by Gasteiger charge is -2.28. The van der Waals surface area contributed by atoms with Crippen molar-refractivity contribution in [1.29, 1.82) is 0 Å². The maximum atomic E-state index is 13.1. The Morgan fingerprint density at radius 2 is 1.86 bits per heavy atom. The number of piperazine rings is 1. The lowest BCUT2D eigenvalue weighted by molar-refractivity contribution is 0.344. The van der Waals surface area contributed by atoms with Gasteiger partial charge in [0.1, 0.15) is 0 Å². The van der Waals surface area contributed by atoms with Crippen LogP contribution in [0.4, 0.5) is 5.95 Å². The first kappa shape index (κ1) is 18.8. The lowest BCUT2D eigenvalue weighted by atomic mass is 9.95. The molecule has 1 saturated carbocycles. The minimum absolute atomic E-state index is 0.104. The molecule has 0 bridgehead atoms. The predicted molar refractivity (Wildman–Crippen MR) is 110 cm³/mol. The Bertz CT molecular complexity index is 1040. The quantitative estimate of drug-likeness (QED) is 0.794. The van der Waals surface area contributed by atoms with Gasteiger partial charge in [0.05, 0.1) is 6.54 Å². The van der Waals surface area contributed by atoms with Crippen LogP contribution in [0.5, 0.6) is 0 Å². The minimum atomic E-state index is -0.293. The maximum Gasteiger partial charge on any atom is 0.332 e. The number of nitrogens with one attached hydrogen (secondary N) is 1. The fraction of sp³-hybridized carbons (Fsp3) is 0.650. The summed E-state index contributed by atoms with van der Waals surface area (Å²) in [6.07, 6.45) is 5.32. The number of imidazole rings is 1. The third-order valence-corrected chi connectivity index (χ3v) is 5.91. The Labute approximate surface area is 164 Å². The number of hydrogen-bond acceptors (Lipinski definition) is 5. The number of aromatic nitrogens is 4. The molecule has 1 aliphatic heterocycles. The summed E-state index contributed by atoms with van der Waals surface area (Å²) in [4.78, 5) is 33.2. The highest BCUT2D eigenvalue weighted by atomic mass is 16.2. The van der Waals surface area contributed by atoms with E-state index in [9.17, 15) is 9.59 Å². The molecule has 2 aliphatic rings. The summed E-state index contributed by atoms with van der Waals surface area (Å²) < 4.78 is 4.91. The van der Waals surface area contributed by atoms with Gasteiger partial charge in [-0.05, 0) is 19.8 Å². The molecule has 0 aromatic carbocycles. The summed E-state index contributed by atoms with van der Waals surface area (Å²) in [6.45, 7) is 5.56. The van der Waals surface area contributed by atoms with Crippen molar-refractivity contribution in [2.45, 2.75) is 51.6 Å². The van der Waals surface area contributed by atoms with Gasteiger partial charge in [-0.25, -0.2) is 4.79 Å². The molecule has 8 nitrogen and oxygen atoms in total. The second-order valence-electron chi connectivity index (χ2n) is 7.64. The van der Waals surface area contributed by atoms with E-state index in [1.54, 1.807) is 18.5 Å². The first-order valence-corrected chi connectivity index (χ1v) is 10.2. The molecule has 0 unspecified atom stereocenters. The van der Waals surface area contributed by atoms with Gasteiger partial charge in [-0.3, -0.25) is 18.5 Å². The second kappa shape index (κ2) is 7.84. The number of rotatable bonds is 3. The van der Waals surface area contributed by atoms with E-state index in [0.29, 0.717) is 17.7 Å². The van der Waals surface area contributed by atoms with Gasteiger partial charge in [-0.2, -0.15) is 4.98 Å². The van der Waals surface area contributed by atoms with Crippen LogP contribution in [-0.2, 0) is 13.6 Å². The Morgan fingerprint density at radius 1 is 1.14 bits per heavy atom. The van der Waals surface area contributed by atoms with Crippen LogP contribution in [0.25, 0.3) is 11.2 Å². The average Bonchev–Trinajstić information content (AvgIpc) is 3.11. The fourth-order valence-corrected chi connectivity index (χ4v) is 4.39. The molecule has 1 aliphatic carbocycles. The van der Waals surface area contributed by atoms with Crippen LogP contribution in [0.2, 0.25) is 0 Å². The fourth-order valence-electron chi connectivity index (χ4n) is 4.39. The first-order valence-electron chi connectivity index (χ1n) is 10.2. The van der Waals surface area contributed by atoms with E-state index in [-0.39, 0.29) is 17.3 Å². The Morgan fingerprint density at radius 3 is 2.54 bits per heavy atom. The Kier molecular flexibility index (Phi) is 5.27. The number of anilines is 1. The van der Waals surface area contributed by atoms with Crippen molar-refractivity contribution in [3.05, 3.63) is 20.8 Å². The number of hydrogen-bond donors (Lipinski definition) is 1. The molecule has 2 aromatic heterocycles. The zero-order chi connectivity index (χ0) is 19.7. The van der Waals surface area contributed by atoms with Crippen molar-refractivity contribution in [2.75, 3.05) is 31.1 Å². The van der Waals surface area contributed by atoms with Gasteiger partial charge in [0, 0.05) is 39.3 Å². The van der Waals surface area contributed by atoms with E-state index in [2.05, 4.69) is 22.1 Å². The first-order chi connectivity index (χ1) is 13.6. The second-order valence-corrected chi connectivity index (χ2v) is 7.64. The van der Waals surface area contributed by atoms with Crippen LogP contribution in [-0.4, -0.2) is 44.9 Å². The molecule has 4 rings (SSSR count). The third-order valence-electron chi connectivity index (χ3n) is 5.91. The van der Waals surface area contributed by atoms with E-state index in [1.807, 2.05) is 4.57 Å². The zero-order valence-electron chi connectivity index (χ0n) is 16.7. The molecule has 1 N–H and O–H groups in total. The van der Waals surface area contributed by atoms with Crippen molar-refractivity contribution in [1.82, 2.24) is 24.0 Å². The molecular formula is C20H28N6O2. The largest absolute Gasteiger partial charge is 0.340 e.